The zero-order valence-corrected chi connectivity index (χ0v) is 9.65. The Kier molecular flexibility index (Phi) is 6.33. The molecule has 0 radical (unpaired) electrons. The van der Waals surface area contributed by atoms with Crippen LogP contribution in [0.3, 0.4) is 0 Å². The SMILES string of the molecule is CCCS(=O)(=O)CC(CC)NCC. The number of sulfone groups is 1. The lowest BCUT2D eigenvalue weighted by atomic mass is 10.2. The predicted octanol–water partition coefficient (Wildman–Crippen LogP) is 1.20. The molecule has 0 rings (SSSR count). The van der Waals surface area contributed by atoms with Crippen molar-refractivity contribution in [3.63, 3.8) is 0 Å². The third kappa shape index (κ3) is 6.05. The zero-order chi connectivity index (χ0) is 10.3. The highest BCUT2D eigenvalue weighted by Gasteiger charge is 2.15. The van der Waals surface area contributed by atoms with Gasteiger partial charge in [0.25, 0.3) is 0 Å². The number of hydrogen-bond acceptors (Lipinski definition) is 3. The first-order valence-corrected chi connectivity index (χ1v) is 6.81. The minimum atomic E-state index is -2.83. The molecule has 0 aliphatic heterocycles. The van der Waals surface area contributed by atoms with Gasteiger partial charge < -0.3 is 5.32 Å². The van der Waals surface area contributed by atoms with Crippen molar-refractivity contribution in [3.05, 3.63) is 0 Å². The van der Waals surface area contributed by atoms with Crippen LogP contribution in [0, 0.1) is 0 Å². The van der Waals surface area contributed by atoms with E-state index in [2.05, 4.69) is 5.32 Å². The summed E-state index contributed by atoms with van der Waals surface area (Å²) in [6, 6.07) is 0.126. The second-order valence-corrected chi connectivity index (χ2v) is 5.51. The van der Waals surface area contributed by atoms with Gasteiger partial charge in [0.05, 0.1) is 5.75 Å². The highest BCUT2D eigenvalue weighted by atomic mass is 32.2. The molecule has 0 fully saturated rings. The van der Waals surface area contributed by atoms with E-state index in [-0.39, 0.29) is 11.8 Å². The lowest BCUT2D eigenvalue weighted by molar-refractivity contribution is 0.533. The maximum Gasteiger partial charge on any atom is 0.151 e. The van der Waals surface area contributed by atoms with E-state index < -0.39 is 9.84 Å². The quantitative estimate of drug-likeness (QED) is 0.682. The van der Waals surface area contributed by atoms with E-state index >= 15 is 0 Å². The normalized spacial score (nSPS) is 14.4. The smallest absolute Gasteiger partial charge is 0.151 e. The molecule has 0 amide bonds. The average Bonchev–Trinajstić information content (AvgIpc) is 2.03. The second kappa shape index (κ2) is 6.38. The molecular formula is C9H21NO2S. The van der Waals surface area contributed by atoms with Crippen molar-refractivity contribution in [3.8, 4) is 0 Å². The van der Waals surface area contributed by atoms with E-state index in [9.17, 15) is 8.42 Å². The van der Waals surface area contributed by atoms with Gasteiger partial charge >= 0.3 is 0 Å². The summed E-state index contributed by atoms with van der Waals surface area (Å²) in [5.41, 5.74) is 0. The third-order valence-corrected chi connectivity index (χ3v) is 3.90. The van der Waals surface area contributed by atoms with Gasteiger partial charge in [-0.15, -0.1) is 0 Å². The third-order valence-electron chi connectivity index (χ3n) is 1.96. The fourth-order valence-corrected chi connectivity index (χ4v) is 3.07. The summed E-state index contributed by atoms with van der Waals surface area (Å²) < 4.78 is 22.9. The maximum absolute atomic E-state index is 11.4. The molecule has 1 atom stereocenters. The van der Waals surface area contributed by atoms with Gasteiger partial charge in [0, 0.05) is 11.8 Å². The molecule has 0 bridgehead atoms. The molecule has 0 aliphatic carbocycles. The van der Waals surface area contributed by atoms with Crippen LogP contribution in [0.25, 0.3) is 0 Å². The standard InChI is InChI=1S/C9H21NO2S/c1-4-7-13(11,12)8-9(5-2)10-6-3/h9-10H,4-8H2,1-3H3. The van der Waals surface area contributed by atoms with Crippen LogP contribution in [0.4, 0.5) is 0 Å². The molecule has 0 saturated heterocycles. The summed E-state index contributed by atoms with van der Waals surface area (Å²) in [4.78, 5) is 0. The van der Waals surface area contributed by atoms with Gasteiger partial charge in [0.2, 0.25) is 0 Å². The molecule has 1 N–H and O–H groups in total. The lowest BCUT2D eigenvalue weighted by Crippen LogP contribution is -2.35. The van der Waals surface area contributed by atoms with Gasteiger partial charge in [-0.3, -0.25) is 0 Å². The minimum absolute atomic E-state index is 0.126. The Morgan fingerprint density at radius 1 is 1.23 bits per heavy atom. The minimum Gasteiger partial charge on any atom is -0.313 e. The van der Waals surface area contributed by atoms with E-state index in [4.69, 9.17) is 0 Å². The van der Waals surface area contributed by atoms with E-state index in [0.717, 1.165) is 13.0 Å². The predicted molar refractivity (Wildman–Crippen MR) is 56.7 cm³/mol. The Hall–Kier alpha value is -0.0900. The van der Waals surface area contributed by atoms with Crippen molar-refractivity contribution in [1.29, 1.82) is 0 Å². The monoisotopic (exact) mass is 207 g/mol. The molecule has 0 aromatic heterocycles. The fraction of sp³-hybridized carbons (Fsp3) is 1.00. The number of rotatable bonds is 7. The van der Waals surface area contributed by atoms with Crippen LogP contribution >= 0.6 is 0 Å². The lowest BCUT2D eigenvalue weighted by Gasteiger charge is -2.15. The fourth-order valence-electron chi connectivity index (χ4n) is 1.31. The molecular weight excluding hydrogens is 186 g/mol. The summed E-state index contributed by atoms with van der Waals surface area (Å²) >= 11 is 0. The van der Waals surface area contributed by atoms with Crippen molar-refractivity contribution >= 4 is 9.84 Å². The van der Waals surface area contributed by atoms with E-state index in [0.29, 0.717) is 12.2 Å². The van der Waals surface area contributed by atoms with Crippen LogP contribution in [0.15, 0.2) is 0 Å². The van der Waals surface area contributed by atoms with Crippen LogP contribution in [0.5, 0.6) is 0 Å². The summed E-state index contributed by atoms with van der Waals surface area (Å²) in [7, 11) is -2.83. The van der Waals surface area contributed by atoms with Gasteiger partial charge in [-0.1, -0.05) is 20.8 Å². The van der Waals surface area contributed by atoms with Crippen LogP contribution in [-0.2, 0) is 9.84 Å². The molecule has 3 nitrogen and oxygen atoms in total. The highest BCUT2D eigenvalue weighted by Crippen LogP contribution is 2.00. The molecule has 0 spiro atoms. The number of hydrogen-bond donors (Lipinski definition) is 1. The van der Waals surface area contributed by atoms with Crippen LogP contribution in [0.2, 0.25) is 0 Å². The Labute approximate surface area is 81.8 Å². The first-order valence-electron chi connectivity index (χ1n) is 4.99. The zero-order valence-electron chi connectivity index (χ0n) is 8.84. The van der Waals surface area contributed by atoms with Gasteiger partial charge in [0.15, 0.2) is 9.84 Å². The molecule has 0 aliphatic rings. The molecule has 1 unspecified atom stereocenters. The van der Waals surface area contributed by atoms with Crippen LogP contribution in [0.1, 0.15) is 33.6 Å². The molecule has 0 aromatic rings. The van der Waals surface area contributed by atoms with Gasteiger partial charge in [0.1, 0.15) is 0 Å². The van der Waals surface area contributed by atoms with Crippen molar-refractivity contribution < 1.29 is 8.42 Å². The molecule has 13 heavy (non-hydrogen) atoms. The Balaban J connectivity index is 4.06. The Bertz CT molecular complexity index is 212. The second-order valence-electron chi connectivity index (χ2n) is 3.28. The van der Waals surface area contributed by atoms with Crippen LogP contribution in [-0.4, -0.2) is 32.5 Å². The van der Waals surface area contributed by atoms with E-state index in [1.807, 2.05) is 20.8 Å². The summed E-state index contributed by atoms with van der Waals surface area (Å²) in [5, 5.41) is 3.17. The average molecular weight is 207 g/mol. The van der Waals surface area contributed by atoms with E-state index in [1.54, 1.807) is 0 Å². The molecule has 80 valence electrons. The van der Waals surface area contributed by atoms with Gasteiger partial charge in [-0.25, -0.2) is 8.42 Å². The first-order chi connectivity index (χ1) is 6.05. The van der Waals surface area contributed by atoms with Crippen LogP contribution < -0.4 is 5.32 Å². The van der Waals surface area contributed by atoms with E-state index in [1.165, 1.54) is 0 Å². The molecule has 4 heteroatoms. The Morgan fingerprint density at radius 3 is 2.23 bits per heavy atom. The summed E-state index contributed by atoms with van der Waals surface area (Å²) in [6.07, 6.45) is 1.58. The number of nitrogens with one attached hydrogen (secondary N) is 1. The molecule has 0 aromatic carbocycles. The van der Waals surface area contributed by atoms with Crippen molar-refractivity contribution in [2.24, 2.45) is 0 Å². The van der Waals surface area contributed by atoms with Crippen molar-refractivity contribution in [2.75, 3.05) is 18.1 Å². The summed E-state index contributed by atoms with van der Waals surface area (Å²) in [5.74, 6) is 0.597. The van der Waals surface area contributed by atoms with Gasteiger partial charge in [-0.2, -0.15) is 0 Å². The highest BCUT2D eigenvalue weighted by molar-refractivity contribution is 7.91. The Morgan fingerprint density at radius 2 is 1.85 bits per heavy atom. The van der Waals surface area contributed by atoms with Gasteiger partial charge in [-0.05, 0) is 19.4 Å². The van der Waals surface area contributed by atoms with Crippen molar-refractivity contribution in [2.45, 2.75) is 39.7 Å². The van der Waals surface area contributed by atoms with Crippen molar-refractivity contribution in [1.82, 2.24) is 5.32 Å². The summed E-state index contributed by atoms with van der Waals surface area (Å²) in [6.45, 7) is 6.73. The largest absolute Gasteiger partial charge is 0.313 e. The topological polar surface area (TPSA) is 46.2 Å². The molecule has 0 saturated carbocycles. The maximum atomic E-state index is 11.4. The first kappa shape index (κ1) is 12.9. The molecule has 0 heterocycles.